The van der Waals surface area contributed by atoms with E-state index in [1.165, 1.54) is 22.2 Å². The van der Waals surface area contributed by atoms with Gasteiger partial charge < -0.3 is 10.1 Å². The van der Waals surface area contributed by atoms with Gasteiger partial charge in [0.1, 0.15) is 23.0 Å². The van der Waals surface area contributed by atoms with Crippen LogP contribution in [0, 0.1) is 0 Å². The Labute approximate surface area is 174 Å². The number of aromatic nitrogens is 4. The summed E-state index contributed by atoms with van der Waals surface area (Å²) in [6, 6.07) is 14.9. The number of halogens is 1. The van der Waals surface area contributed by atoms with Crippen molar-refractivity contribution in [2.45, 2.75) is 13.0 Å². The van der Waals surface area contributed by atoms with E-state index >= 15 is 0 Å². The summed E-state index contributed by atoms with van der Waals surface area (Å²) in [7, 11) is 0. The third-order valence-corrected chi connectivity index (χ3v) is 6.14. The highest BCUT2D eigenvalue weighted by Gasteiger charge is 2.13. The Morgan fingerprint density at radius 3 is 2.69 bits per heavy atom. The number of aliphatic hydroxyl groups excluding tert-OH is 1. The lowest BCUT2D eigenvalue weighted by Gasteiger charge is -2.04. The van der Waals surface area contributed by atoms with Crippen molar-refractivity contribution in [3.05, 3.63) is 76.1 Å². The highest BCUT2D eigenvalue weighted by atomic mass is 35.5. The number of aromatic amines is 1. The normalized spacial score (nSPS) is 12.7. The fourth-order valence-electron chi connectivity index (χ4n) is 3.21. The third-order valence-electron chi connectivity index (χ3n) is 4.73. The molecule has 8 heteroatoms. The topological polar surface area (TPSA) is 83.8 Å². The molecule has 0 aliphatic heterocycles. The fourth-order valence-corrected chi connectivity index (χ4v) is 4.39. The quantitative estimate of drug-likeness (QED) is 0.441. The first-order valence-corrected chi connectivity index (χ1v) is 10.1. The second-order valence-corrected chi connectivity index (χ2v) is 8.24. The molecule has 0 radical (unpaired) electrons. The van der Waals surface area contributed by atoms with Gasteiger partial charge >= 0.3 is 0 Å². The summed E-state index contributed by atoms with van der Waals surface area (Å²) in [5, 5.41) is 10.4. The second kappa shape index (κ2) is 6.81. The highest BCUT2D eigenvalue weighted by molar-refractivity contribution is 7.22. The number of hydrogen-bond donors (Lipinski definition) is 2. The van der Waals surface area contributed by atoms with E-state index in [9.17, 15) is 9.90 Å². The summed E-state index contributed by atoms with van der Waals surface area (Å²) in [5.74, 6) is 0.490. The largest absolute Gasteiger partial charge is 0.385 e. The summed E-state index contributed by atoms with van der Waals surface area (Å²) in [5.41, 5.74) is 3.67. The van der Waals surface area contributed by atoms with E-state index < -0.39 is 6.10 Å². The first-order valence-electron chi connectivity index (χ1n) is 8.95. The van der Waals surface area contributed by atoms with Crippen LogP contribution in [0.4, 0.5) is 0 Å². The lowest BCUT2D eigenvalue weighted by Crippen LogP contribution is -2.17. The van der Waals surface area contributed by atoms with Crippen LogP contribution >= 0.6 is 22.9 Å². The average molecular weight is 423 g/mol. The van der Waals surface area contributed by atoms with Crippen molar-refractivity contribution >= 4 is 44.2 Å². The molecule has 3 aromatic heterocycles. The molecule has 144 valence electrons. The molecule has 29 heavy (non-hydrogen) atoms. The van der Waals surface area contributed by atoms with E-state index in [1.807, 2.05) is 42.5 Å². The maximum Gasteiger partial charge on any atom is 0.275 e. The molecule has 3 heterocycles. The van der Waals surface area contributed by atoms with Gasteiger partial charge in [0.2, 0.25) is 0 Å². The molecule has 1 atom stereocenters. The van der Waals surface area contributed by atoms with E-state index in [2.05, 4.69) is 15.0 Å². The first-order chi connectivity index (χ1) is 14.0. The molecule has 0 saturated heterocycles. The monoisotopic (exact) mass is 422 g/mol. The number of fused-ring (bicyclic) bond motifs is 2. The Hall–Kier alpha value is -3.00. The number of nitrogens with one attached hydrogen (secondary N) is 1. The van der Waals surface area contributed by atoms with Gasteiger partial charge in [-0.05, 0) is 48.9 Å². The van der Waals surface area contributed by atoms with Gasteiger partial charge in [0, 0.05) is 9.90 Å². The Morgan fingerprint density at radius 1 is 1.14 bits per heavy atom. The average Bonchev–Trinajstić information content (AvgIpc) is 3.33. The number of H-pyrrole nitrogens is 1. The Kier molecular flexibility index (Phi) is 4.24. The zero-order valence-electron chi connectivity index (χ0n) is 15.3. The van der Waals surface area contributed by atoms with Crippen LogP contribution in [0.2, 0.25) is 5.02 Å². The molecule has 2 aromatic carbocycles. The Morgan fingerprint density at radius 2 is 1.93 bits per heavy atom. The van der Waals surface area contributed by atoms with Crippen molar-refractivity contribution < 1.29 is 5.11 Å². The van der Waals surface area contributed by atoms with E-state index in [1.54, 1.807) is 13.0 Å². The molecule has 0 bridgehead atoms. The minimum atomic E-state index is -0.691. The SMILES string of the molecule is CC(O)c1nc2cc(-n3cnc4cc(-c5ccc(Cl)cc5)sc4c3=O)ccc2[nH]1. The van der Waals surface area contributed by atoms with Crippen molar-refractivity contribution in [1.29, 1.82) is 0 Å². The summed E-state index contributed by atoms with van der Waals surface area (Å²) in [6.45, 7) is 1.65. The maximum atomic E-state index is 13.1. The van der Waals surface area contributed by atoms with E-state index in [0.717, 1.165) is 16.0 Å². The van der Waals surface area contributed by atoms with Crippen LogP contribution in [0.15, 0.2) is 59.7 Å². The molecule has 0 aliphatic carbocycles. The van der Waals surface area contributed by atoms with E-state index in [4.69, 9.17) is 11.6 Å². The summed E-state index contributed by atoms with van der Waals surface area (Å²) >= 11 is 7.38. The van der Waals surface area contributed by atoms with Crippen LogP contribution < -0.4 is 5.56 Å². The van der Waals surface area contributed by atoms with Crippen LogP contribution in [0.3, 0.4) is 0 Å². The number of aliphatic hydroxyl groups is 1. The number of hydrogen-bond acceptors (Lipinski definition) is 5. The number of benzene rings is 2. The molecule has 6 nitrogen and oxygen atoms in total. The predicted octanol–water partition coefficient (Wildman–Crippen LogP) is 4.70. The molecule has 0 amide bonds. The summed E-state index contributed by atoms with van der Waals surface area (Å²) < 4.78 is 2.10. The molecule has 0 fully saturated rings. The van der Waals surface area contributed by atoms with Gasteiger partial charge in [-0.25, -0.2) is 9.97 Å². The van der Waals surface area contributed by atoms with Crippen molar-refractivity contribution in [2.24, 2.45) is 0 Å². The van der Waals surface area contributed by atoms with Crippen molar-refractivity contribution in [1.82, 2.24) is 19.5 Å². The van der Waals surface area contributed by atoms with Crippen LogP contribution in [0.1, 0.15) is 18.9 Å². The number of nitrogens with zero attached hydrogens (tertiary/aromatic N) is 3. The van der Waals surface area contributed by atoms with Crippen molar-refractivity contribution in [3.8, 4) is 16.1 Å². The first kappa shape index (κ1) is 18.1. The standard InChI is InChI=1S/C21H15ClN4O2S/c1-11(27)20-24-15-7-6-14(8-16(15)25-20)26-10-23-17-9-18(29-19(17)21(26)28)12-2-4-13(22)5-3-12/h2-11,27H,1H3,(H,24,25). The maximum absolute atomic E-state index is 13.1. The molecule has 1 unspecified atom stereocenters. The van der Waals surface area contributed by atoms with Gasteiger partial charge in [-0.1, -0.05) is 23.7 Å². The Bertz CT molecular complexity index is 1420. The highest BCUT2D eigenvalue weighted by Crippen LogP contribution is 2.31. The molecule has 0 saturated carbocycles. The van der Waals surface area contributed by atoms with Gasteiger partial charge in [0.25, 0.3) is 5.56 Å². The smallest absolute Gasteiger partial charge is 0.275 e. The van der Waals surface area contributed by atoms with Gasteiger partial charge in [-0.2, -0.15) is 0 Å². The molecule has 0 aliphatic rings. The second-order valence-electron chi connectivity index (χ2n) is 6.75. The van der Waals surface area contributed by atoms with Gasteiger partial charge in [0.05, 0.1) is 22.2 Å². The number of imidazole rings is 1. The molecule has 0 spiro atoms. The van der Waals surface area contributed by atoms with Gasteiger partial charge in [-0.15, -0.1) is 11.3 Å². The molecule has 2 N–H and O–H groups in total. The molecular formula is C21H15ClN4O2S. The zero-order chi connectivity index (χ0) is 20.1. The number of thiophene rings is 1. The molecular weight excluding hydrogens is 408 g/mol. The zero-order valence-corrected chi connectivity index (χ0v) is 16.8. The summed E-state index contributed by atoms with van der Waals surface area (Å²) in [4.78, 5) is 26.0. The Balaban J connectivity index is 1.62. The van der Waals surface area contributed by atoms with Crippen molar-refractivity contribution in [2.75, 3.05) is 0 Å². The minimum absolute atomic E-state index is 0.133. The third kappa shape index (κ3) is 3.13. The fraction of sp³-hybridized carbons (Fsp3) is 0.0952. The lowest BCUT2D eigenvalue weighted by molar-refractivity contribution is 0.190. The van der Waals surface area contributed by atoms with Crippen LogP contribution in [-0.4, -0.2) is 24.6 Å². The molecule has 5 aromatic rings. The van der Waals surface area contributed by atoms with Crippen LogP contribution in [-0.2, 0) is 0 Å². The van der Waals surface area contributed by atoms with E-state index in [-0.39, 0.29) is 5.56 Å². The van der Waals surface area contributed by atoms with E-state index in [0.29, 0.717) is 32.3 Å². The van der Waals surface area contributed by atoms with Crippen LogP contribution in [0.5, 0.6) is 0 Å². The van der Waals surface area contributed by atoms with Crippen LogP contribution in [0.25, 0.3) is 37.4 Å². The summed E-state index contributed by atoms with van der Waals surface area (Å²) in [6.07, 6.45) is 0.843. The lowest BCUT2D eigenvalue weighted by atomic mass is 10.2. The molecule has 5 rings (SSSR count). The van der Waals surface area contributed by atoms with Crippen molar-refractivity contribution in [3.63, 3.8) is 0 Å². The number of rotatable bonds is 3. The minimum Gasteiger partial charge on any atom is -0.385 e. The predicted molar refractivity (Wildman–Crippen MR) is 116 cm³/mol. The van der Waals surface area contributed by atoms with Gasteiger partial charge in [-0.3, -0.25) is 9.36 Å². The van der Waals surface area contributed by atoms with Gasteiger partial charge in [0.15, 0.2) is 0 Å².